The number of aromatic nitrogens is 4. The number of rotatable bonds is 5. The molecule has 0 saturated carbocycles. The van der Waals surface area contributed by atoms with Gasteiger partial charge in [-0.1, -0.05) is 29.3 Å². The number of pyridine rings is 1. The van der Waals surface area contributed by atoms with Gasteiger partial charge in [-0.25, -0.2) is 9.78 Å². The Morgan fingerprint density at radius 3 is 2.68 bits per heavy atom. The maximum atomic E-state index is 12.6. The number of aliphatic hydroxyl groups excluding tert-OH is 1. The summed E-state index contributed by atoms with van der Waals surface area (Å²) >= 11 is 13.4. The fraction of sp³-hybridized carbons (Fsp3) is 0.300. The van der Waals surface area contributed by atoms with Crippen molar-refractivity contribution in [2.45, 2.75) is 19.6 Å². The van der Waals surface area contributed by atoms with E-state index >= 15 is 0 Å². The van der Waals surface area contributed by atoms with Crippen LogP contribution >= 0.6 is 34.5 Å². The summed E-state index contributed by atoms with van der Waals surface area (Å²) in [5.74, 6) is 1.11. The fourth-order valence-corrected chi connectivity index (χ4v) is 4.58. The number of anilines is 1. The number of methoxy groups -OCH3 is 1. The smallest absolute Gasteiger partial charge is 0.352 e. The molecule has 1 aliphatic rings. The predicted octanol–water partition coefficient (Wildman–Crippen LogP) is 3.03. The molecule has 0 radical (unpaired) electrons. The van der Waals surface area contributed by atoms with Gasteiger partial charge in [0.2, 0.25) is 11.8 Å². The average Bonchev–Trinajstić information content (AvgIpc) is 3.16. The van der Waals surface area contributed by atoms with Crippen LogP contribution in [0.3, 0.4) is 0 Å². The Labute approximate surface area is 192 Å². The van der Waals surface area contributed by atoms with Gasteiger partial charge >= 0.3 is 5.69 Å². The molecule has 0 saturated heterocycles. The van der Waals surface area contributed by atoms with Crippen molar-refractivity contribution in [1.82, 2.24) is 19.5 Å². The van der Waals surface area contributed by atoms with Crippen molar-refractivity contribution < 1.29 is 9.84 Å². The molecule has 31 heavy (non-hydrogen) atoms. The quantitative estimate of drug-likeness (QED) is 0.600. The molecule has 0 spiro atoms. The van der Waals surface area contributed by atoms with Crippen molar-refractivity contribution in [3.8, 4) is 5.88 Å². The SMILES string of the molecule is COc1nc(C2=CCN(c3nc(C)n(Cc4ccc(Cl)s4)c(=O)n3)C[C@@H]2O)ccc1Cl. The Morgan fingerprint density at radius 1 is 1.23 bits per heavy atom. The fourth-order valence-electron chi connectivity index (χ4n) is 3.32. The van der Waals surface area contributed by atoms with E-state index in [1.807, 2.05) is 12.1 Å². The molecule has 0 bridgehead atoms. The summed E-state index contributed by atoms with van der Waals surface area (Å²) in [7, 11) is 1.49. The molecule has 4 heterocycles. The Hall–Kier alpha value is -2.46. The van der Waals surface area contributed by atoms with Crippen molar-refractivity contribution in [2.75, 3.05) is 25.1 Å². The number of β-amino-alcohol motifs (C(OH)–C–C–N with tert-alkyl or cyclic N) is 1. The molecular weight excluding hydrogens is 461 g/mol. The highest BCUT2D eigenvalue weighted by Crippen LogP contribution is 2.28. The lowest BCUT2D eigenvalue weighted by molar-refractivity contribution is 0.233. The molecule has 0 aliphatic carbocycles. The van der Waals surface area contributed by atoms with Gasteiger partial charge in [0.25, 0.3) is 0 Å². The van der Waals surface area contributed by atoms with Gasteiger partial charge in [0.05, 0.1) is 36.3 Å². The molecule has 0 aromatic carbocycles. The lowest BCUT2D eigenvalue weighted by atomic mass is 10.0. The number of aliphatic hydroxyl groups is 1. The summed E-state index contributed by atoms with van der Waals surface area (Å²) in [6.07, 6.45) is 0.994. The van der Waals surface area contributed by atoms with Gasteiger partial charge in [0, 0.05) is 17.0 Å². The predicted molar refractivity (Wildman–Crippen MR) is 121 cm³/mol. The topological polar surface area (TPSA) is 93.4 Å². The number of nitrogens with zero attached hydrogens (tertiary/aromatic N) is 5. The Kier molecular flexibility index (Phi) is 6.29. The summed E-state index contributed by atoms with van der Waals surface area (Å²) in [6, 6.07) is 7.07. The zero-order valence-corrected chi connectivity index (χ0v) is 19.1. The van der Waals surface area contributed by atoms with E-state index in [9.17, 15) is 9.90 Å². The van der Waals surface area contributed by atoms with E-state index in [-0.39, 0.29) is 12.5 Å². The number of thiophene rings is 1. The Bertz CT molecular complexity index is 1210. The second-order valence-corrected chi connectivity index (χ2v) is 9.12. The minimum Gasteiger partial charge on any atom is -0.480 e. The first kappa shape index (κ1) is 21.8. The van der Waals surface area contributed by atoms with E-state index in [4.69, 9.17) is 27.9 Å². The van der Waals surface area contributed by atoms with Crippen molar-refractivity contribution >= 4 is 46.1 Å². The summed E-state index contributed by atoms with van der Waals surface area (Å²) in [5.41, 5.74) is 0.835. The van der Waals surface area contributed by atoms with Crippen LogP contribution in [0.25, 0.3) is 5.57 Å². The van der Waals surface area contributed by atoms with Crippen molar-refractivity contribution in [3.05, 3.63) is 66.6 Å². The van der Waals surface area contributed by atoms with Crippen molar-refractivity contribution in [3.63, 3.8) is 0 Å². The molecule has 1 N–H and O–H groups in total. The Balaban J connectivity index is 1.57. The number of hydrogen-bond donors (Lipinski definition) is 1. The zero-order valence-electron chi connectivity index (χ0n) is 16.7. The molecule has 8 nitrogen and oxygen atoms in total. The molecule has 0 fully saturated rings. The standard InChI is InChI=1S/C20H19Cl2N5O3S/c1-11-23-19(25-20(29)27(11)9-12-3-6-17(22)31-12)26-8-7-13(16(28)10-26)15-5-4-14(21)18(24-15)30-2/h3-7,16,28H,8-10H2,1-2H3/t16-/m0/s1. The summed E-state index contributed by atoms with van der Waals surface area (Å²) in [5, 5.41) is 11.1. The van der Waals surface area contributed by atoms with Crippen molar-refractivity contribution in [2.24, 2.45) is 0 Å². The van der Waals surface area contributed by atoms with Crippen LogP contribution in [-0.4, -0.2) is 50.9 Å². The maximum absolute atomic E-state index is 12.6. The molecule has 3 aromatic heterocycles. The Morgan fingerprint density at radius 2 is 2.03 bits per heavy atom. The van der Waals surface area contributed by atoms with Crippen LogP contribution in [0.15, 0.2) is 35.1 Å². The van der Waals surface area contributed by atoms with E-state index in [0.29, 0.717) is 45.4 Å². The minimum atomic E-state index is -0.841. The van der Waals surface area contributed by atoms with Crippen LogP contribution in [0, 0.1) is 6.92 Å². The first-order chi connectivity index (χ1) is 14.9. The summed E-state index contributed by atoms with van der Waals surface area (Å²) < 4.78 is 7.32. The zero-order chi connectivity index (χ0) is 22.1. The van der Waals surface area contributed by atoms with Crippen LogP contribution < -0.4 is 15.3 Å². The molecule has 4 rings (SSSR count). The van der Waals surface area contributed by atoms with Gasteiger partial charge in [-0.3, -0.25) is 4.57 Å². The van der Waals surface area contributed by atoms with Crippen LogP contribution in [0.2, 0.25) is 9.36 Å². The maximum Gasteiger partial charge on any atom is 0.352 e. The van der Waals surface area contributed by atoms with Gasteiger partial charge in [0.15, 0.2) is 0 Å². The third-order valence-electron chi connectivity index (χ3n) is 4.89. The number of ether oxygens (including phenoxy) is 1. The van der Waals surface area contributed by atoms with E-state index in [1.54, 1.807) is 30.0 Å². The van der Waals surface area contributed by atoms with Crippen LogP contribution in [0.1, 0.15) is 16.4 Å². The van der Waals surface area contributed by atoms with E-state index in [2.05, 4.69) is 15.0 Å². The normalized spacial score (nSPS) is 16.4. The number of hydrogen-bond acceptors (Lipinski definition) is 8. The molecular formula is C20H19Cl2N5O3S. The minimum absolute atomic E-state index is 0.224. The molecule has 0 unspecified atom stereocenters. The molecule has 1 atom stereocenters. The van der Waals surface area contributed by atoms with Crippen molar-refractivity contribution in [1.29, 1.82) is 0 Å². The first-order valence-corrected chi connectivity index (χ1v) is 11.0. The second-order valence-electron chi connectivity index (χ2n) is 6.91. The average molecular weight is 480 g/mol. The van der Waals surface area contributed by atoms with Crippen LogP contribution in [0.5, 0.6) is 5.88 Å². The van der Waals surface area contributed by atoms with Crippen LogP contribution in [-0.2, 0) is 6.54 Å². The van der Waals surface area contributed by atoms with Gasteiger partial charge in [-0.15, -0.1) is 11.3 Å². The van der Waals surface area contributed by atoms with E-state index in [0.717, 1.165) is 4.88 Å². The van der Waals surface area contributed by atoms with Gasteiger partial charge < -0.3 is 14.7 Å². The highest BCUT2D eigenvalue weighted by molar-refractivity contribution is 7.16. The lowest BCUT2D eigenvalue weighted by Crippen LogP contribution is -2.40. The molecule has 162 valence electrons. The third-order valence-corrected chi connectivity index (χ3v) is 6.40. The summed E-state index contributed by atoms with van der Waals surface area (Å²) in [6.45, 7) is 2.76. The van der Waals surface area contributed by atoms with Crippen LogP contribution in [0.4, 0.5) is 5.95 Å². The highest BCUT2D eigenvalue weighted by atomic mass is 35.5. The first-order valence-electron chi connectivity index (χ1n) is 9.39. The van der Waals surface area contributed by atoms with E-state index < -0.39 is 11.8 Å². The molecule has 0 amide bonds. The molecule has 1 aliphatic heterocycles. The monoisotopic (exact) mass is 479 g/mol. The number of aryl methyl sites for hydroxylation is 1. The summed E-state index contributed by atoms with van der Waals surface area (Å²) in [4.78, 5) is 28.3. The van der Waals surface area contributed by atoms with Gasteiger partial charge in [-0.05, 0) is 31.2 Å². The van der Waals surface area contributed by atoms with Gasteiger partial charge in [-0.2, -0.15) is 9.97 Å². The number of halogens is 2. The van der Waals surface area contributed by atoms with Gasteiger partial charge in [0.1, 0.15) is 10.8 Å². The third kappa shape index (κ3) is 4.59. The second kappa shape index (κ2) is 8.96. The highest BCUT2D eigenvalue weighted by Gasteiger charge is 2.25. The largest absolute Gasteiger partial charge is 0.480 e. The molecule has 3 aromatic rings. The lowest BCUT2D eigenvalue weighted by Gasteiger charge is -2.30. The molecule has 11 heteroatoms. The van der Waals surface area contributed by atoms with E-state index in [1.165, 1.54) is 23.0 Å².